The molecule has 1 aliphatic heterocycles. The van der Waals surface area contributed by atoms with E-state index < -0.39 is 0 Å². The minimum Gasteiger partial charge on any atom is -0.462 e. The Morgan fingerprint density at radius 3 is 2.67 bits per heavy atom. The van der Waals surface area contributed by atoms with Crippen molar-refractivity contribution in [2.24, 2.45) is 5.92 Å². The van der Waals surface area contributed by atoms with Crippen molar-refractivity contribution < 1.29 is 9.21 Å². The Morgan fingerprint density at radius 1 is 1.19 bits per heavy atom. The first-order chi connectivity index (χ1) is 10.1. The molecule has 0 spiro atoms. The molecular weight excluding hydrogens is 264 g/mol. The van der Waals surface area contributed by atoms with E-state index in [1.54, 1.807) is 11.9 Å². The third-order valence-corrected chi connectivity index (χ3v) is 4.55. The summed E-state index contributed by atoms with van der Waals surface area (Å²) in [4.78, 5) is 14.1. The number of benzene rings is 1. The largest absolute Gasteiger partial charge is 0.462 e. The summed E-state index contributed by atoms with van der Waals surface area (Å²) in [6.45, 7) is 2.23. The highest BCUT2D eigenvalue weighted by molar-refractivity contribution is 6.01. The Balaban J connectivity index is 1.66. The second-order valence-corrected chi connectivity index (χ2v) is 6.07. The number of hydrogen-bond acceptors (Lipinski definition) is 3. The molecule has 1 aliphatic carbocycles. The highest BCUT2D eigenvalue weighted by atomic mass is 16.3. The van der Waals surface area contributed by atoms with Crippen LogP contribution in [0.3, 0.4) is 0 Å². The first-order valence-corrected chi connectivity index (χ1v) is 7.37. The fourth-order valence-corrected chi connectivity index (χ4v) is 3.04. The summed E-state index contributed by atoms with van der Waals surface area (Å²) in [6, 6.07) is 11.6. The number of para-hydroxylation sites is 1. The summed E-state index contributed by atoms with van der Waals surface area (Å²) in [6.07, 6.45) is 0.957. The van der Waals surface area contributed by atoms with Gasteiger partial charge in [0.25, 0.3) is 5.91 Å². The number of furan rings is 1. The monoisotopic (exact) mass is 282 g/mol. The van der Waals surface area contributed by atoms with E-state index in [9.17, 15) is 4.79 Å². The van der Waals surface area contributed by atoms with Crippen molar-refractivity contribution in [2.75, 3.05) is 12.4 Å². The molecule has 0 bridgehead atoms. The minimum absolute atomic E-state index is 0.0205. The van der Waals surface area contributed by atoms with E-state index in [0.29, 0.717) is 17.4 Å². The number of rotatable bonds is 2. The number of nitrogens with one attached hydrogen (secondary N) is 1. The number of hydrogen-bond donors (Lipinski definition) is 1. The molecule has 2 aliphatic rings. The summed E-state index contributed by atoms with van der Waals surface area (Å²) in [7, 11) is 1.80. The van der Waals surface area contributed by atoms with Gasteiger partial charge in [-0.3, -0.25) is 4.79 Å². The molecule has 3 atom stereocenters. The molecular formula is C17H18N2O2. The SMILES string of the molecule is CC1CC1c1ccc(C2Nc3ccccc3C(=O)N2C)o1. The number of carbonyl (C=O) groups is 1. The number of fused-ring (bicyclic) bond motifs is 1. The van der Waals surface area contributed by atoms with Gasteiger partial charge in [-0.05, 0) is 36.6 Å². The van der Waals surface area contributed by atoms with Crippen LogP contribution in [-0.2, 0) is 0 Å². The van der Waals surface area contributed by atoms with Gasteiger partial charge < -0.3 is 14.6 Å². The van der Waals surface area contributed by atoms with Crippen LogP contribution < -0.4 is 5.32 Å². The molecule has 4 heteroatoms. The Bertz CT molecular complexity index is 706. The van der Waals surface area contributed by atoms with Crippen molar-refractivity contribution in [1.29, 1.82) is 0 Å². The third kappa shape index (κ3) is 1.94. The van der Waals surface area contributed by atoms with Gasteiger partial charge in [-0.1, -0.05) is 19.1 Å². The zero-order valence-corrected chi connectivity index (χ0v) is 12.2. The lowest BCUT2D eigenvalue weighted by Crippen LogP contribution is -2.39. The second kappa shape index (κ2) is 4.38. The average Bonchev–Trinajstić information content (AvgIpc) is 3.03. The molecule has 1 saturated carbocycles. The van der Waals surface area contributed by atoms with Gasteiger partial charge in [-0.25, -0.2) is 0 Å². The van der Waals surface area contributed by atoms with E-state index in [1.807, 2.05) is 36.4 Å². The molecule has 2 heterocycles. The van der Waals surface area contributed by atoms with Crippen molar-refractivity contribution in [3.05, 3.63) is 53.5 Å². The molecule has 108 valence electrons. The van der Waals surface area contributed by atoms with E-state index in [0.717, 1.165) is 17.2 Å². The Hall–Kier alpha value is -2.23. The molecule has 0 saturated heterocycles. The molecule has 2 aromatic rings. The van der Waals surface area contributed by atoms with E-state index in [1.165, 1.54) is 6.42 Å². The van der Waals surface area contributed by atoms with Crippen LogP contribution in [0.25, 0.3) is 0 Å². The lowest BCUT2D eigenvalue weighted by atomic mass is 10.1. The smallest absolute Gasteiger partial charge is 0.257 e. The van der Waals surface area contributed by atoms with Crippen LogP contribution in [0.15, 0.2) is 40.8 Å². The molecule has 3 unspecified atom stereocenters. The van der Waals surface area contributed by atoms with Crippen LogP contribution in [0.2, 0.25) is 0 Å². The van der Waals surface area contributed by atoms with Crippen molar-refractivity contribution >= 4 is 11.6 Å². The number of anilines is 1. The van der Waals surface area contributed by atoms with Crippen LogP contribution in [0.5, 0.6) is 0 Å². The molecule has 4 rings (SSSR count). The van der Waals surface area contributed by atoms with Gasteiger partial charge in [0.1, 0.15) is 11.5 Å². The van der Waals surface area contributed by atoms with Crippen molar-refractivity contribution in [3.8, 4) is 0 Å². The van der Waals surface area contributed by atoms with Crippen LogP contribution in [0.4, 0.5) is 5.69 Å². The molecule has 21 heavy (non-hydrogen) atoms. The molecule has 1 amide bonds. The zero-order chi connectivity index (χ0) is 14.6. The highest BCUT2D eigenvalue weighted by Gasteiger charge is 2.38. The average molecular weight is 282 g/mol. The van der Waals surface area contributed by atoms with Gasteiger partial charge in [0.15, 0.2) is 6.17 Å². The lowest BCUT2D eigenvalue weighted by Gasteiger charge is -2.33. The Kier molecular flexibility index (Phi) is 2.61. The van der Waals surface area contributed by atoms with Crippen molar-refractivity contribution in [1.82, 2.24) is 4.90 Å². The predicted molar refractivity (Wildman–Crippen MR) is 80.1 cm³/mol. The molecule has 1 fully saturated rings. The number of nitrogens with zero attached hydrogens (tertiary/aromatic N) is 1. The van der Waals surface area contributed by atoms with Gasteiger partial charge >= 0.3 is 0 Å². The maximum absolute atomic E-state index is 12.4. The number of amides is 1. The van der Waals surface area contributed by atoms with Crippen LogP contribution >= 0.6 is 0 Å². The maximum Gasteiger partial charge on any atom is 0.257 e. The normalized spacial score (nSPS) is 27.2. The van der Waals surface area contributed by atoms with Crippen LogP contribution in [-0.4, -0.2) is 17.9 Å². The fourth-order valence-electron chi connectivity index (χ4n) is 3.04. The van der Waals surface area contributed by atoms with E-state index >= 15 is 0 Å². The van der Waals surface area contributed by atoms with Gasteiger partial charge in [0.05, 0.1) is 5.56 Å². The Morgan fingerprint density at radius 2 is 1.90 bits per heavy atom. The first-order valence-electron chi connectivity index (χ1n) is 7.37. The Labute approximate surface area is 123 Å². The lowest BCUT2D eigenvalue weighted by molar-refractivity contribution is 0.0718. The molecule has 0 radical (unpaired) electrons. The summed E-state index contributed by atoms with van der Waals surface area (Å²) in [5, 5.41) is 3.39. The van der Waals surface area contributed by atoms with Crippen LogP contribution in [0.1, 0.15) is 47.3 Å². The summed E-state index contributed by atoms with van der Waals surface area (Å²) in [5.74, 6) is 3.12. The predicted octanol–water partition coefficient (Wildman–Crippen LogP) is 3.60. The highest BCUT2D eigenvalue weighted by Crippen LogP contribution is 2.48. The zero-order valence-electron chi connectivity index (χ0n) is 12.2. The topological polar surface area (TPSA) is 45.5 Å². The van der Waals surface area contributed by atoms with Gasteiger partial charge in [0, 0.05) is 18.7 Å². The molecule has 1 aromatic carbocycles. The van der Waals surface area contributed by atoms with E-state index in [2.05, 4.69) is 12.2 Å². The van der Waals surface area contributed by atoms with Crippen molar-refractivity contribution in [2.45, 2.75) is 25.4 Å². The minimum atomic E-state index is -0.241. The fraction of sp³-hybridized carbons (Fsp3) is 0.353. The van der Waals surface area contributed by atoms with Gasteiger partial charge in [0.2, 0.25) is 0 Å². The van der Waals surface area contributed by atoms with E-state index in [-0.39, 0.29) is 12.1 Å². The molecule has 1 aromatic heterocycles. The quantitative estimate of drug-likeness (QED) is 0.915. The standard InChI is InChI=1S/C17H18N2O2/c1-10-9-12(10)14-7-8-15(21-14)16-18-13-6-4-3-5-11(13)17(20)19(16)2/h3-8,10,12,16,18H,9H2,1-2H3. The van der Waals surface area contributed by atoms with E-state index in [4.69, 9.17) is 4.42 Å². The molecule has 4 nitrogen and oxygen atoms in total. The molecule has 1 N–H and O–H groups in total. The van der Waals surface area contributed by atoms with Crippen LogP contribution in [0, 0.1) is 5.92 Å². The van der Waals surface area contributed by atoms with Gasteiger partial charge in [-0.2, -0.15) is 0 Å². The summed E-state index contributed by atoms with van der Waals surface area (Å²) < 4.78 is 5.99. The summed E-state index contributed by atoms with van der Waals surface area (Å²) in [5.41, 5.74) is 1.57. The summed E-state index contributed by atoms with van der Waals surface area (Å²) >= 11 is 0. The van der Waals surface area contributed by atoms with Crippen molar-refractivity contribution in [3.63, 3.8) is 0 Å². The third-order valence-electron chi connectivity index (χ3n) is 4.55. The van der Waals surface area contributed by atoms with Gasteiger partial charge in [-0.15, -0.1) is 0 Å². The maximum atomic E-state index is 12.4. The second-order valence-electron chi connectivity index (χ2n) is 6.07. The first kappa shape index (κ1) is 12.5. The number of carbonyl (C=O) groups excluding carboxylic acids is 1.